The Bertz CT molecular complexity index is 1510. The molecule has 0 aliphatic carbocycles. The van der Waals surface area contributed by atoms with E-state index < -0.39 is 16.1 Å². The number of carbonyl (C=O) groups is 1. The minimum atomic E-state index is -3.97. The lowest BCUT2D eigenvalue weighted by molar-refractivity contribution is -0.133. The molecule has 0 bridgehead atoms. The van der Waals surface area contributed by atoms with E-state index in [2.05, 4.69) is 0 Å². The van der Waals surface area contributed by atoms with Gasteiger partial charge < -0.3 is 18.8 Å². The fourth-order valence-electron chi connectivity index (χ4n) is 4.41. The fraction of sp³-hybridized carbons (Fsp3) is 0.250. The van der Waals surface area contributed by atoms with Gasteiger partial charge in [0.05, 0.1) is 24.2 Å². The Morgan fingerprint density at radius 3 is 2.49 bits per heavy atom. The lowest BCUT2D eigenvalue weighted by Gasteiger charge is -2.29. The maximum Gasteiger partial charge on any atom is 0.244 e. The van der Waals surface area contributed by atoms with Crippen LogP contribution in [-0.4, -0.2) is 42.9 Å². The average Bonchev–Trinajstić information content (AvgIpc) is 3.58. The molecule has 1 aromatic heterocycles. The molecule has 4 aromatic rings. The zero-order valence-corrected chi connectivity index (χ0v) is 21.5. The van der Waals surface area contributed by atoms with Gasteiger partial charge in [-0.2, -0.15) is 4.31 Å². The highest BCUT2D eigenvalue weighted by Gasteiger charge is 2.32. The molecule has 1 aliphatic rings. The normalized spacial score (nSPS) is 13.0. The summed E-state index contributed by atoms with van der Waals surface area (Å²) < 4.78 is 45.3. The van der Waals surface area contributed by atoms with Crippen LogP contribution >= 0.6 is 0 Å². The Hall–Kier alpha value is -3.82. The van der Waals surface area contributed by atoms with Gasteiger partial charge in [0.1, 0.15) is 5.76 Å². The molecule has 1 aliphatic heterocycles. The van der Waals surface area contributed by atoms with E-state index in [1.807, 2.05) is 36.4 Å². The predicted molar refractivity (Wildman–Crippen MR) is 139 cm³/mol. The first-order valence-corrected chi connectivity index (χ1v) is 13.5. The van der Waals surface area contributed by atoms with Gasteiger partial charge in [-0.3, -0.25) is 4.79 Å². The summed E-state index contributed by atoms with van der Waals surface area (Å²) in [5, 5.41) is 1.44. The van der Waals surface area contributed by atoms with Crippen molar-refractivity contribution in [3.8, 4) is 11.5 Å². The summed E-state index contributed by atoms with van der Waals surface area (Å²) in [6.07, 6.45) is 1.55. The Morgan fingerprint density at radius 1 is 0.919 bits per heavy atom. The number of fused-ring (bicyclic) bond motifs is 2. The van der Waals surface area contributed by atoms with Gasteiger partial charge >= 0.3 is 0 Å². The Kier molecular flexibility index (Phi) is 6.90. The first kappa shape index (κ1) is 24.9. The van der Waals surface area contributed by atoms with E-state index in [-0.39, 0.29) is 37.2 Å². The molecule has 0 spiro atoms. The number of nitrogens with zero attached hydrogens (tertiary/aromatic N) is 2. The van der Waals surface area contributed by atoms with E-state index >= 15 is 0 Å². The largest absolute Gasteiger partial charge is 0.467 e. The number of furan rings is 1. The van der Waals surface area contributed by atoms with Crippen LogP contribution in [0, 0.1) is 0 Å². The molecule has 1 amide bonds. The number of rotatable bonds is 9. The minimum Gasteiger partial charge on any atom is -0.467 e. The van der Waals surface area contributed by atoms with Crippen molar-refractivity contribution >= 4 is 26.7 Å². The van der Waals surface area contributed by atoms with Crippen molar-refractivity contribution in [2.45, 2.75) is 37.9 Å². The Labute approximate surface area is 216 Å². The molecule has 0 saturated carbocycles. The lowest BCUT2D eigenvalue weighted by Crippen LogP contribution is -2.45. The monoisotopic (exact) mass is 520 g/mol. The van der Waals surface area contributed by atoms with Crippen LogP contribution in [0.15, 0.2) is 88.4 Å². The van der Waals surface area contributed by atoms with Crippen LogP contribution in [0.4, 0.5) is 0 Å². The van der Waals surface area contributed by atoms with Gasteiger partial charge in [0, 0.05) is 18.0 Å². The fourth-order valence-corrected chi connectivity index (χ4v) is 6.21. The van der Waals surface area contributed by atoms with E-state index in [9.17, 15) is 13.2 Å². The van der Waals surface area contributed by atoms with Crippen molar-refractivity contribution in [3.05, 3.63) is 90.4 Å². The smallest absolute Gasteiger partial charge is 0.244 e. The highest BCUT2D eigenvalue weighted by atomic mass is 32.2. The highest BCUT2D eigenvalue weighted by Crippen LogP contribution is 2.33. The molecule has 0 N–H and O–H groups in total. The predicted octanol–water partition coefficient (Wildman–Crippen LogP) is 4.79. The molecule has 5 rings (SSSR count). The molecule has 3 aromatic carbocycles. The van der Waals surface area contributed by atoms with Crippen LogP contribution in [0.25, 0.3) is 10.8 Å². The van der Waals surface area contributed by atoms with Crippen LogP contribution in [0.3, 0.4) is 0 Å². The third-order valence-electron chi connectivity index (χ3n) is 6.29. The van der Waals surface area contributed by atoms with Crippen LogP contribution in [-0.2, 0) is 27.9 Å². The zero-order chi connectivity index (χ0) is 26.0. The SMILES string of the molecule is CC(C)N(CC(=O)N(Cc1ccc2c(c1)OCO2)Cc1ccco1)S(=O)(=O)c1cccc2ccccc12. The summed E-state index contributed by atoms with van der Waals surface area (Å²) in [4.78, 5) is 15.5. The van der Waals surface area contributed by atoms with Gasteiger partial charge in [0.25, 0.3) is 0 Å². The standard InChI is InChI=1S/C28H28N2O6S/c1-20(2)30(37(32,33)27-11-5-8-22-7-3-4-10-24(22)27)18-28(31)29(17-23-9-6-14-34-23)16-21-12-13-25-26(15-21)36-19-35-25/h3-15,20H,16-19H2,1-2H3. The first-order valence-electron chi connectivity index (χ1n) is 12.0. The Morgan fingerprint density at radius 2 is 1.70 bits per heavy atom. The summed E-state index contributed by atoms with van der Waals surface area (Å²) in [6.45, 7) is 3.82. The van der Waals surface area contributed by atoms with Crippen molar-refractivity contribution < 1.29 is 27.1 Å². The molecule has 0 saturated heterocycles. The second-order valence-corrected chi connectivity index (χ2v) is 11.0. The molecule has 192 valence electrons. The summed E-state index contributed by atoms with van der Waals surface area (Å²) in [5.74, 6) is 1.53. The third kappa shape index (κ3) is 5.19. The summed E-state index contributed by atoms with van der Waals surface area (Å²) >= 11 is 0. The van der Waals surface area contributed by atoms with Crippen molar-refractivity contribution in [2.75, 3.05) is 13.3 Å². The molecule has 0 fully saturated rings. The van der Waals surface area contributed by atoms with Crippen molar-refractivity contribution in [2.24, 2.45) is 0 Å². The quantitative estimate of drug-likeness (QED) is 0.315. The maximum atomic E-state index is 13.9. The number of hydrogen-bond donors (Lipinski definition) is 0. The number of sulfonamides is 1. The highest BCUT2D eigenvalue weighted by molar-refractivity contribution is 7.89. The van der Waals surface area contributed by atoms with Crippen molar-refractivity contribution in [1.82, 2.24) is 9.21 Å². The number of ether oxygens (including phenoxy) is 2. The van der Waals surface area contributed by atoms with Gasteiger partial charge in [0.2, 0.25) is 22.7 Å². The molecule has 2 heterocycles. The van der Waals surface area contributed by atoms with Gasteiger partial charge in [-0.05, 0) is 55.1 Å². The molecular formula is C28H28N2O6S. The van der Waals surface area contributed by atoms with Crippen LogP contribution in [0.5, 0.6) is 11.5 Å². The molecule has 0 atom stereocenters. The molecular weight excluding hydrogens is 492 g/mol. The van der Waals surface area contributed by atoms with E-state index in [0.29, 0.717) is 22.6 Å². The van der Waals surface area contributed by atoms with Crippen LogP contribution < -0.4 is 9.47 Å². The summed E-state index contributed by atoms with van der Waals surface area (Å²) in [7, 11) is -3.97. The van der Waals surface area contributed by atoms with Crippen molar-refractivity contribution in [1.29, 1.82) is 0 Å². The van der Waals surface area contributed by atoms with Gasteiger partial charge in [0.15, 0.2) is 11.5 Å². The minimum absolute atomic E-state index is 0.156. The van der Waals surface area contributed by atoms with Crippen LogP contribution in [0.2, 0.25) is 0 Å². The second kappa shape index (κ2) is 10.3. The van der Waals surface area contributed by atoms with E-state index in [0.717, 1.165) is 10.9 Å². The molecule has 0 radical (unpaired) electrons. The summed E-state index contributed by atoms with van der Waals surface area (Å²) in [5.41, 5.74) is 0.831. The maximum absolute atomic E-state index is 13.9. The molecule has 0 unspecified atom stereocenters. The van der Waals surface area contributed by atoms with Gasteiger partial charge in [-0.15, -0.1) is 0 Å². The van der Waals surface area contributed by atoms with E-state index in [1.165, 1.54) is 4.31 Å². The number of hydrogen-bond acceptors (Lipinski definition) is 6. The molecule has 9 heteroatoms. The number of amides is 1. The molecule has 37 heavy (non-hydrogen) atoms. The Balaban J connectivity index is 1.44. The lowest BCUT2D eigenvalue weighted by atomic mass is 10.1. The number of carbonyl (C=O) groups excluding carboxylic acids is 1. The first-order chi connectivity index (χ1) is 17.8. The second-order valence-electron chi connectivity index (χ2n) is 9.14. The zero-order valence-electron chi connectivity index (χ0n) is 20.7. The van der Waals surface area contributed by atoms with Gasteiger partial charge in [-0.1, -0.05) is 42.5 Å². The topological polar surface area (TPSA) is 89.3 Å². The third-order valence-corrected chi connectivity index (χ3v) is 8.37. The summed E-state index contributed by atoms with van der Waals surface area (Å²) in [6, 6.07) is 21.1. The van der Waals surface area contributed by atoms with Crippen LogP contribution in [0.1, 0.15) is 25.2 Å². The van der Waals surface area contributed by atoms with E-state index in [1.54, 1.807) is 61.4 Å². The van der Waals surface area contributed by atoms with Gasteiger partial charge in [-0.25, -0.2) is 8.42 Å². The molecule has 8 nitrogen and oxygen atoms in total. The van der Waals surface area contributed by atoms with Crippen molar-refractivity contribution in [3.63, 3.8) is 0 Å². The van der Waals surface area contributed by atoms with E-state index in [4.69, 9.17) is 13.9 Å². The number of benzene rings is 3. The average molecular weight is 521 g/mol.